The lowest BCUT2D eigenvalue weighted by molar-refractivity contribution is 0.327. The van der Waals surface area contributed by atoms with Crippen molar-refractivity contribution in [2.24, 2.45) is 0 Å². The van der Waals surface area contributed by atoms with Crippen LogP contribution in [0.5, 0.6) is 0 Å². The number of likely N-dealkylation sites (tertiary alicyclic amines) is 1. The first-order valence-corrected chi connectivity index (χ1v) is 8.35. The van der Waals surface area contributed by atoms with Crippen LogP contribution in [0.3, 0.4) is 0 Å². The van der Waals surface area contributed by atoms with E-state index < -0.39 is 0 Å². The Morgan fingerprint density at radius 1 is 1.12 bits per heavy atom. The van der Waals surface area contributed by atoms with Crippen LogP contribution in [0, 0.1) is 0 Å². The Balaban J connectivity index is 1.47. The fourth-order valence-corrected chi connectivity index (χ4v) is 3.49. The predicted molar refractivity (Wildman–Crippen MR) is 95.9 cm³/mol. The molecule has 0 radical (unpaired) electrons. The van der Waals surface area contributed by atoms with Crippen molar-refractivity contribution in [1.29, 1.82) is 0 Å². The zero-order valence-electron chi connectivity index (χ0n) is 13.8. The second-order valence-corrected chi connectivity index (χ2v) is 6.34. The molecule has 3 aromatic rings. The summed E-state index contributed by atoms with van der Waals surface area (Å²) in [5.41, 5.74) is 2.43. The number of fused-ring (bicyclic) bond motifs is 1. The molecular formula is C19H21N5. The first-order valence-electron chi connectivity index (χ1n) is 8.35. The number of aromatic nitrogens is 3. The van der Waals surface area contributed by atoms with Crippen LogP contribution in [0.1, 0.15) is 12.0 Å². The van der Waals surface area contributed by atoms with E-state index in [1.807, 2.05) is 18.3 Å². The molecule has 1 atom stereocenters. The Morgan fingerprint density at radius 3 is 2.92 bits per heavy atom. The summed E-state index contributed by atoms with van der Waals surface area (Å²) in [5.74, 6) is 0.992. The summed E-state index contributed by atoms with van der Waals surface area (Å²) >= 11 is 0. The second kappa shape index (κ2) is 6.53. The monoisotopic (exact) mass is 319 g/mol. The van der Waals surface area contributed by atoms with Gasteiger partial charge in [-0.2, -0.15) is 0 Å². The molecule has 1 fully saturated rings. The minimum atomic E-state index is 0.494. The van der Waals surface area contributed by atoms with Crippen LogP contribution in [0.2, 0.25) is 0 Å². The van der Waals surface area contributed by atoms with E-state index in [1.54, 1.807) is 12.5 Å². The van der Waals surface area contributed by atoms with Gasteiger partial charge >= 0.3 is 0 Å². The second-order valence-electron chi connectivity index (χ2n) is 6.34. The molecule has 4 rings (SSSR count). The third kappa shape index (κ3) is 2.95. The van der Waals surface area contributed by atoms with Crippen molar-refractivity contribution in [1.82, 2.24) is 19.9 Å². The highest BCUT2D eigenvalue weighted by Crippen LogP contribution is 2.23. The van der Waals surface area contributed by atoms with Crippen molar-refractivity contribution in [2.45, 2.75) is 19.0 Å². The third-order valence-electron chi connectivity index (χ3n) is 4.86. The molecule has 0 saturated carbocycles. The number of hydrogen-bond donors (Lipinski definition) is 0. The number of anilines is 1. The van der Waals surface area contributed by atoms with Gasteiger partial charge in [0.1, 0.15) is 12.1 Å². The van der Waals surface area contributed by atoms with Gasteiger partial charge in [-0.25, -0.2) is 9.97 Å². The highest BCUT2D eigenvalue weighted by Gasteiger charge is 2.26. The molecule has 24 heavy (non-hydrogen) atoms. The Hall–Kier alpha value is -2.53. The summed E-state index contributed by atoms with van der Waals surface area (Å²) in [6.45, 7) is 3.13. The molecule has 0 aliphatic carbocycles. The molecule has 0 amide bonds. The molecule has 0 spiro atoms. The SMILES string of the molecule is CN(c1ccncn1)C1CCN(Cc2ccnc3ccccc23)C1. The van der Waals surface area contributed by atoms with Crippen LogP contribution in [0.15, 0.2) is 55.1 Å². The average Bonchev–Trinajstić information content (AvgIpc) is 3.11. The van der Waals surface area contributed by atoms with E-state index >= 15 is 0 Å². The molecule has 5 nitrogen and oxygen atoms in total. The van der Waals surface area contributed by atoms with E-state index in [1.165, 1.54) is 10.9 Å². The lowest BCUT2D eigenvalue weighted by Crippen LogP contribution is -2.34. The summed E-state index contributed by atoms with van der Waals surface area (Å²) < 4.78 is 0. The summed E-state index contributed by atoms with van der Waals surface area (Å²) in [4.78, 5) is 17.6. The summed E-state index contributed by atoms with van der Waals surface area (Å²) in [6, 6.07) is 13.0. The molecule has 0 N–H and O–H groups in total. The molecular weight excluding hydrogens is 298 g/mol. The minimum Gasteiger partial charge on any atom is -0.355 e. The number of para-hydroxylation sites is 1. The average molecular weight is 319 g/mol. The number of likely N-dealkylation sites (N-methyl/N-ethyl adjacent to an activating group) is 1. The lowest BCUT2D eigenvalue weighted by atomic mass is 10.1. The van der Waals surface area contributed by atoms with Gasteiger partial charge in [0.25, 0.3) is 0 Å². The number of nitrogens with zero attached hydrogens (tertiary/aromatic N) is 5. The Kier molecular flexibility index (Phi) is 4.09. The van der Waals surface area contributed by atoms with Gasteiger partial charge < -0.3 is 4.90 Å². The summed E-state index contributed by atoms with van der Waals surface area (Å²) in [6.07, 6.45) is 6.48. The molecule has 2 aromatic heterocycles. The van der Waals surface area contributed by atoms with Gasteiger partial charge in [-0.3, -0.25) is 9.88 Å². The Morgan fingerprint density at radius 2 is 2.04 bits per heavy atom. The molecule has 1 saturated heterocycles. The number of hydrogen-bond acceptors (Lipinski definition) is 5. The number of pyridine rings is 1. The Bertz CT molecular complexity index is 815. The van der Waals surface area contributed by atoms with Crippen molar-refractivity contribution in [3.8, 4) is 0 Å². The zero-order chi connectivity index (χ0) is 16.4. The predicted octanol–water partition coefficient (Wildman–Crippen LogP) is 2.74. The summed E-state index contributed by atoms with van der Waals surface area (Å²) in [5, 5.41) is 1.26. The van der Waals surface area contributed by atoms with Gasteiger partial charge in [-0.15, -0.1) is 0 Å². The highest BCUT2D eigenvalue weighted by atomic mass is 15.3. The van der Waals surface area contributed by atoms with Crippen LogP contribution < -0.4 is 4.90 Å². The van der Waals surface area contributed by atoms with Gasteiger partial charge in [0, 0.05) is 50.5 Å². The standard InChI is InChI=1S/C19H21N5/c1-23(19-7-9-20-14-22-19)16-8-11-24(13-16)12-15-6-10-21-18-5-3-2-4-17(15)18/h2-7,9-10,14,16H,8,11-13H2,1H3. The van der Waals surface area contributed by atoms with Gasteiger partial charge in [0.15, 0.2) is 0 Å². The maximum Gasteiger partial charge on any atom is 0.131 e. The summed E-state index contributed by atoms with van der Waals surface area (Å²) in [7, 11) is 2.12. The fourth-order valence-electron chi connectivity index (χ4n) is 3.49. The maximum atomic E-state index is 4.46. The smallest absolute Gasteiger partial charge is 0.131 e. The van der Waals surface area contributed by atoms with Gasteiger partial charge in [0.2, 0.25) is 0 Å². The highest BCUT2D eigenvalue weighted by molar-refractivity contribution is 5.81. The first kappa shape index (κ1) is 15.0. The van der Waals surface area contributed by atoms with Crippen LogP contribution in [-0.4, -0.2) is 46.0 Å². The topological polar surface area (TPSA) is 45.2 Å². The molecule has 0 bridgehead atoms. The van der Waals surface area contributed by atoms with E-state index in [2.05, 4.69) is 56.1 Å². The molecule has 1 unspecified atom stereocenters. The maximum absolute atomic E-state index is 4.46. The van der Waals surface area contributed by atoms with E-state index in [0.29, 0.717) is 6.04 Å². The molecule has 122 valence electrons. The van der Waals surface area contributed by atoms with Crippen molar-refractivity contribution >= 4 is 16.7 Å². The van der Waals surface area contributed by atoms with E-state index in [4.69, 9.17) is 0 Å². The van der Waals surface area contributed by atoms with Crippen molar-refractivity contribution < 1.29 is 0 Å². The quantitative estimate of drug-likeness (QED) is 0.740. The van der Waals surface area contributed by atoms with Crippen molar-refractivity contribution in [2.75, 3.05) is 25.0 Å². The van der Waals surface area contributed by atoms with E-state index in [9.17, 15) is 0 Å². The van der Waals surface area contributed by atoms with Crippen LogP contribution >= 0.6 is 0 Å². The zero-order valence-corrected chi connectivity index (χ0v) is 13.8. The first-order chi connectivity index (χ1) is 11.8. The molecule has 1 aliphatic rings. The van der Waals surface area contributed by atoms with Crippen molar-refractivity contribution in [3.63, 3.8) is 0 Å². The van der Waals surface area contributed by atoms with E-state index in [0.717, 1.165) is 37.4 Å². The number of benzene rings is 1. The lowest BCUT2D eigenvalue weighted by Gasteiger charge is -2.25. The van der Waals surface area contributed by atoms with Gasteiger partial charge in [-0.05, 0) is 30.2 Å². The van der Waals surface area contributed by atoms with Crippen LogP contribution in [0.25, 0.3) is 10.9 Å². The van der Waals surface area contributed by atoms with Gasteiger partial charge in [0.05, 0.1) is 5.52 Å². The third-order valence-corrected chi connectivity index (χ3v) is 4.86. The fraction of sp³-hybridized carbons (Fsp3) is 0.316. The molecule has 3 heterocycles. The van der Waals surface area contributed by atoms with Crippen molar-refractivity contribution in [3.05, 3.63) is 60.7 Å². The van der Waals surface area contributed by atoms with Gasteiger partial charge in [-0.1, -0.05) is 18.2 Å². The number of rotatable bonds is 4. The minimum absolute atomic E-state index is 0.494. The van der Waals surface area contributed by atoms with E-state index in [-0.39, 0.29) is 0 Å². The molecule has 5 heteroatoms. The Labute approximate surface area is 142 Å². The molecule has 1 aromatic carbocycles. The normalized spacial score (nSPS) is 18.1. The van der Waals surface area contributed by atoms with Crippen LogP contribution in [0.4, 0.5) is 5.82 Å². The molecule has 1 aliphatic heterocycles. The van der Waals surface area contributed by atoms with Crippen LogP contribution in [-0.2, 0) is 6.54 Å². The largest absolute Gasteiger partial charge is 0.355 e.